The molecule has 1 aromatic rings. The van der Waals surface area contributed by atoms with Crippen LogP contribution in [0.4, 0.5) is 0 Å². The van der Waals surface area contributed by atoms with Gasteiger partial charge in [-0.05, 0) is 30.8 Å². The van der Waals surface area contributed by atoms with Crippen molar-refractivity contribution in [1.82, 2.24) is 9.80 Å². The molecule has 17 heavy (non-hydrogen) atoms. The van der Waals surface area contributed by atoms with Crippen LogP contribution in [-0.4, -0.2) is 41.9 Å². The van der Waals surface area contributed by atoms with E-state index in [1.54, 1.807) is 11.3 Å². The average molecular weight is 252 g/mol. The predicted octanol–water partition coefficient (Wildman–Crippen LogP) is 2.19. The summed E-state index contributed by atoms with van der Waals surface area (Å²) < 4.78 is 0. The van der Waals surface area contributed by atoms with E-state index in [0.717, 1.165) is 26.2 Å². The Bertz CT molecular complexity index is 344. The Kier molecular flexibility index (Phi) is 4.57. The van der Waals surface area contributed by atoms with Crippen LogP contribution < -0.4 is 0 Å². The second-order valence-electron chi connectivity index (χ2n) is 4.47. The van der Waals surface area contributed by atoms with Crippen molar-refractivity contribution in [3.8, 4) is 0 Å². The number of nitrogens with zero attached hydrogens (tertiary/aromatic N) is 2. The summed E-state index contributed by atoms with van der Waals surface area (Å²) in [5.41, 5.74) is 0. The largest absolute Gasteiger partial charge is 0.342 e. The number of amides is 1. The smallest absolute Gasteiger partial charge is 0.236 e. The van der Waals surface area contributed by atoms with Crippen LogP contribution in [-0.2, 0) is 11.3 Å². The van der Waals surface area contributed by atoms with Crippen LogP contribution in [0.5, 0.6) is 0 Å². The third kappa shape index (κ3) is 3.54. The summed E-state index contributed by atoms with van der Waals surface area (Å²) in [6.45, 7) is 6.41. The van der Waals surface area contributed by atoms with Crippen LogP contribution in [0, 0.1) is 0 Å². The molecule has 0 N–H and O–H groups in total. The number of likely N-dealkylation sites (tertiary alicyclic amines) is 1. The summed E-state index contributed by atoms with van der Waals surface area (Å²) >= 11 is 1.76. The normalized spacial score (nSPS) is 15.8. The highest BCUT2D eigenvalue weighted by atomic mass is 32.1. The van der Waals surface area contributed by atoms with E-state index < -0.39 is 0 Å². The first-order valence-electron chi connectivity index (χ1n) is 6.32. The minimum absolute atomic E-state index is 0.293. The van der Waals surface area contributed by atoms with Crippen molar-refractivity contribution in [2.24, 2.45) is 0 Å². The van der Waals surface area contributed by atoms with Crippen molar-refractivity contribution >= 4 is 17.2 Å². The molecule has 1 fully saturated rings. The van der Waals surface area contributed by atoms with Crippen LogP contribution in [0.25, 0.3) is 0 Å². The molecule has 0 unspecified atom stereocenters. The van der Waals surface area contributed by atoms with E-state index in [-0.39, 0.29) is 0 Å². The van der Waals surface area contributed by atoms with Crippen molar-refractivity contribution in [2.45, 2.75) is 26.3 Å². The van der Waals surface area contributed by atoms with Crippen LogP contribution in [0.15, 0.2) is 17.5 Å². The number of hydrogen-bond donors (Lipinski definition) is 0. The van der Waals surface area contributed by atoms with Crippen molar-refractivity contribution in [3.63, 3.8) is 0 Å². The Morgan fingerprint density at radius 2 is 2.24 bits per heavy atom. The van der Waals surface area contributed by atoms with Gasteiger partial charge >= 0.3 is 0 Å². The van der Waals surface area contributed by atoms with E-state index in [2.05, 4.69) is 29.3 Å². The van der Waals surface area contributed by atoms with Gasteiger partial charge in [0, 0.05) is 24.5 Å². The van der Waals surface area contributed by atoms with Gasteiger partial charge in [-0.1, -0.05) is 13.0 Å². The number of likely N-dealkylation sites (N-methyl/N-ethyl adjacent to an activating group) is 1. The molecule has 1 aromatic heterocycles. The molecule has 0 aromatic carbocycles. The van der Waals surface area contributed by atoms with Gasteiger partial charge in [0.15, 0.2) is 0 Å². The molecule has 0 atom stereocenters. The Labute approximate surface area is 107 Å². The first kappa shape index (κ1) is 12.6. The number of carbonyl (C=O) groups is 1. The van der Waals surface area contributed by atoms with Gasteiger partial charge in [0.05, 0.1) is 6.54 Å². The lowest BCUT2D eigenvalue weighted by atomic mass is 10.3. The number of rotatable bonds is 5. The van der Waals surface area contributed by atoms with Crippen LogP contribution in [0.3, 0.4) is 0 Å². The van der Waals surface area contributed by atoms with Crippen molar-refractivity contribution in [2.75, 3.05) is 26.2 Å². The number of hydrogen-bond acceptors (Lipinski definition) is 3. The van der Waals surface area contributed by atoms with Gasteiger partial charge < -0.3 is 4.90 Å². The maximum absolute atomic E-state index is 12.0. The third-order valence-electron chi connectivity index (χ3n) is 3.22. The SMILES string of the molecule is CCN(CC(=O)N1CCCC1)Cc1cccs1. The molecule has 2 rings (SSSR count). The monoisotopic (exact) mass is 252 g/mol. The van der Waals surface area contributed by atoms with Gasteiger partial charge in [-0.3, -0.25) is 9.69 Å². The second kappa shape index (κ2) is 6.17. The molecule has 3 nitrogen and oxygen atoms in total. The lowest BCUT2D eigenvalue weighted by molar-refractivity contribution is -0.131. The lowest BCUT2D eigenvalue weighted by Gasteiger charge is -2.23. The number of thiophene rings is 1. The molecular weight excluding hydrogens is 232 g/mol. The first-order chi connectivity index (χ1) is 8.29. The van der Waals surface area contributed by atoms with Crippen molar-refractivity contribution < 1.29 is 4.79 Å². The van der Waals surface area contributed by atoms with E-state index in [1.165, 1.54) is 17.7 Å². The highest BCUT2D eigenvalue weighted by Crippen LogP contribution is 2.13. The summed E-state index contributed by atoms with van der Waals surface area (Å²) in [5.74, 6) is 0.293. The maximum atomic E-state index is 12.0. The van der Waals surface area contributed by atoms with Gasteiger partial charge in [0.25, 0.3) is 0 Å². The maximum Gasteiger partial charge on any atom is 0.236 e. The topological polar surface area (TPSA) is 23.6 Å². The molecule has 0 radical (unpaired) electrons. The van der Waals surface area contributed by atoms with Crippen molar-refractivity contribution in [3.05, 3.63) is 22.4 Å². The van der Waals surface area contributed by atoms with E-state index in [4.69, 9.17) is 0 Å². The summed E-state index contributed by atoms with van der Waals surface area (Å²) in [6, 6.07) is 4.20. The summed E-state index contributed by atoms with van der Waals surface area (Å²) in [6.07, 6.45) is 2.34. The van der Waals surface area contributed by atoms with Gasteiger partial charge in [0.2, 0.25) is 5.91 Å². The summed E-state index contributed by atoms with van der Waals surface area (Å²) in [4.78, 5) is 17.6. The molecule has 1 aliphatic heterocycles. The van der Waals surface area contributed by atoms with Crippen LogP contribution in [0.2, 0.25) is 0 Å². The fraction of sp³-hybridized carbons (Fsp3) is 0.615. The van der Waals surface area contributed by atoms with Crippen LogP contribution >= 0.6 is 11.3 Å². The molecule has 0 aliphatic carbocycles. The Morgan fingerprint density at radius 1 is 1.47 bits per heavy atom. The first-order valence-corrected chi connectivity index (χ1v) is 7.20. The standard InChI is InChI=1S/C13H20N2OS/c1-2-14(10-12-6-5-9-17-12)11-13(16)15-7-3-4-8-15/h5-6,9H,2-4,7-8,10-11H2,1H3. The molecule has 0 saturated carbocycles. The number of carbonyl (C=O) groups excluding carboxylic acids is 1. The zero-order valence-corrected chi connectivity index (χ0v) is 11.2. The molecule has 0 spiro atoms. The van der Waals surface area contributed by atoms with Gasteiger partial charge in [-0.15, -0.1) is 11.3 Å². The van der Waals surface area contributed by atoms with E-state index in [0.29, 0.717) is 12.5 Å². The van der Waals surface area contributed by atoms with E-state index in [1.807, 2.05) is 4.90 Å². The highest BCUT2D eigenvalue weighted by molar-refractivity contribution is 7.09. The predicted molar refractivity (Wildman–Crippen MR) is 71.1 cm³/mol. The van der Waals surface area contributed by atoms with Gasteiger partial charge in [-0.25, -0.2) is 0 Å². The Hall–Kier alpha value is -0.870. The summed E-state index contributed by atoms with van der Waals surface area (Å²) in [7, 11) is 0. The second-order valence-corrected chi connectivity index (χ2v) is 5.50. The molecule has 4 heteroatoms. The Morgan fingerprint density at radius 3 is 2.82 bits per heavy atom. The summed E-state index contributed by atoms with van der Waals surface area (Å²) in [5, 5.41) is 2.09. The van der Waals surface area contributed by atoms with Gasteiger partial charge in [0.1, 0.15) is 0 Å². The van der Waals surface area contributed by atoms with E-state index in [9.17, 15) is 4.79 Å². The Balaban J connectivity index is 1.84. The van der Waals surface area contributed by atoms with Crippen LogP contribution in [0.1, 0.15) is 24.6 Å². The molecular formula is C13H20N2OS. The average Bonchev–Trinajstić information content (AvgIpc) is 3.00. The molecule has 1 saturated heterocycles. The lowest BCUT2D eigenvalue weighted by Crippen LogP contribution is -2.38. The van der Waals surface area contributed by atoms with E-state index >= 15 is 0 Å². The van der Waals surface area contributed by atoms with Crippen molar-refractivity contribution in [1.29, 1.82) is 0 Å². The fourth-order valence-electron chi connectivity index (χ4n) is 2.16. The highest BCUT2D eigenvalue weighted by Gasteiger charge is 2.19. The zero-order valence-electron chi connectivity index (χ0n) is 10.4. The molecule has 1 amide bonds. The minimum atomic E-state index is 0.293. The fourth-order valence-corrected chi connectivity index (χ4v) is 2.91. The third-order valence-corrected chi connectivity index (χ3v) is 4.09. The quantitative estimate of drug-likeness (QED) is 0.802. The zero-order chi connectivity index (χ0) is 12.1. The minimum Gasteiger partial charge on any atom is -0.342 e. The molecule has 0 bridgehead atoms. The molecule has 2 heterocycles. The molecule has 1 aliphatic rings. The molecule has 94 valence electrons. The van der Waals surface area contributed by atoms with Gasteiger partial charge in [-0.2, -0.15) is 0 Å².